The minimum atomic E-state index is 0.130. The average Bonchev–Trinajstić information content (AvgIpc) is 2.94. The van der Waals surface area contributed by atoms with Gasteiger partial charge >= 0.3 is 0 Å². The number of hydrogen-bond donors (Lipinski definition) is 0. The van der Waals surface area contributed by atoms with Gasteiger partial charge in [0.15, 0.2) is 0 Å². The van der Waals surface area contributed by atoms with Crippen molar-refractivity contribution in [2.24, 2.45) is 7.05 Å². The number of rotatable bonds is 2. The van der Waals surface area contributed by atoms with E-state index in [4.69, 9.17) is 0 Å². The number of benzene rings is 1. The zero-order chi connectivity index (χ0) is 13.9. The molecule has 1 fully saturated rings. The van der Waals surface area contributed by atoms with Crippen LogP contribution in [0.1, 0.15) is 10.5 Å². The smallest absolute Gasteiger partial charge is 0.270 e. The third-order valence-electron chi connectivity index (χ3n) is 3.85. The van der Waals surface area contributed by atoms with E-state index in [0.717, 1.165) is 31.9 Å². The van der Waals surface area contributed by atoms with Crippen LogP contribution in [0.4, 0.5) is 5.69 Å². The molecule has 20 heavy (non-hydrogen) atoms. The monoisotopic (exact) mass is 269 g/mol. The van der Waals surface area contributed by atoms with Crippen LogP contribution in [0.5, 0.6) is 0 Å². The molecule has 0 unspecified atom stereocenters. The first-order valence-corrected chi connectivity index (χ1v) is 6.96. The van der Waals surface area contributed by atoms with E-state index in [1.165, 1.54) is 5.69 Å². The number of piperazine rings is 1. The number of nitrogens with zero attached hydrogens (tertiary/aromatic N) is 3. The highest BCUT2D eigenvalue weighted by Crippen LogP contribution is 2.16. The van der Waals surface area contributed by atoms with Crippen LogP contribution >= 0.6 is 0 Å². The first-order chi connectivity index (χ1) is 9.75. The molecule has 2 heterocycles. The highest BCUT2D eigenvalue weighted by atomic mass is 16.2. The summed E-state index contributed by atoms with van der Waals surface area (Å²) in [6.07, 6.45) is 1.91. The first kappa shape index (κ1) is 12.8. The Morgan fingerprint density at radius 1 is 0.950 bits per heavy atom. The second kappa shape index (κ2) is 5.41. The molecule has 0 atom stereocenters. The van der Waals surface area contributed by atoms with Crippen molar-refractivity contribution in [1.82, 2.24) is 9.47 Å². The van der Waals surface area contributed by atoms with Crippen LogP contribution in [0.15, 0.2) is 48.7 Å². The Kier molecular flexibility index (Phi) is 3.46. The number of aromatic nitrogens is 1. The molecule has 0 bridgehead atoms. The van der Waals surface area contributed by atoms with Gasteiger partial charge in [-0.3, -0.25) is 4.79 Å². The molecule has 0 aliphatic carbocycles. The highest BCUT2D eigenvalue weighted by molar-refractivity contribution is 5.92. The van der Waals surface area contributed by atoms with Crippen LogP contribution in [0.3, 0.4) is 0 Å². The Morgan fingerprint density at radius 3 is 2.25 bits per heavy atom. The summed E-state index contributed by atoms with van der Waals surface area (Å²) in [5.74, 6) is 0.130. The number of carbonyl (C=O) groups is 1. The SMILES string of the molecule is Cn1cccc1C(=O)N1CCN(c2ccccc2)CC1. The summed E-state index contributed by atoms with van der Waals surface area (Å²) in [6, 6.07) is 14.2. The first-order valence-electron chi connectivity index (χ1n) is 6.96. The van der Waals surface area contributed by atoms with Crippen molar-refractivity contribution in [2.45, 2.75) is 0 Å². The zero-order valence-electron chi connectivity index (χ0n) is 11.7. The van der Waals surface area contributed by atoms with Crippen molar-refractivity contribution in [2.75, 3.05) is 31.1 Å². The molecule has 1 amide bonds. The van der Waals surface area contributed by atoms with Crippen LogP contribution in [0, 0.1) is 0 Å². The van der Waals surface area contributed by atoms with Gasteiger partial charge in [-0.05, 0) is 24.3 Å². The van der Waals surface area contributed by atoms with Gasteiger partial charge in [0.1, 0.15) is 5.69 Å². The molecule has 4 heteroatoms. The number of anilines is 1. The van der Waals surface area contributed by atoms with E-state index >= 15 is 0 Å². The lowest BCUT2D eigenvalue weighted by Crippen LogP contribution is -2.49. The number of para-hydroxylation sites is 1. The Morgan fingerprint density at radius 2 is 1.65 bits per heavy atom. The summed E-state index contributed by atoms with van der Waals surface area (Å²) in [4.78, 5) is 16.7. The van der Waals surface area contributed by atoms with Crippen LogP contribution in [0.25, 0.3) is 0 Å². The Balaban J connectivity index is 1.64. The number of carbonyl (C=O) groups excluding carboxylic acids is 1. The van der Waals surface area contributed by atoms with E-state index < -0.39 is 0 Å². The van der Waals surface area contributed by atoms with Gasteiger partial charge in [-0.1, -0.05) is 18.2 Å². The van der Waals surface area contributed by atoms with Crippen molar-refractivity contribution in [3.8, 4) is 0 Å². The van der Waals surface area contributed by atoms with E-state index in [1.54, 1.807) is 0 Å². The van der Waals surface area contributed by atoms with Gasteiger partial charge in [0, 0.05) is 45.1 Å². The molecule has 0 saturated carbocycles. The molecule has 0 spiro atoms. The molecular formula is C16H19N3O. The summed E-state index contributed by atoms with van der Waals surface area (Å²) in [5.41, 5.74) is 2.00. The molecule has 104 valence electrons. The molecular weight excluding hydrogens is 250 g/mol. The second-order valence-corrected chi connectivity index (χ2v) is 5.12. The highest BCUT2D eigenvalue weighted by Gasteiger charge is 2.23. The van der Waals surface area contributed by atoms with Crippen molar-refractivity contribution >= 4 is 11.6 Å². The van der Waals surface area contributed by atoms with E-state index in [0.29, 0.717) is 0 Å². The maximum atomic E-state index is 12.4. The predicted octanol–water partition coefficient (Wildman–Crippen LogP) is 1.99. The minimum Gasteiger partial charge on any atom is -0.368 e. The molecule has 3 rings (SSSR count). The van der Waals surface area contributed by atoms with Crippen LogP contribution in [-0.4, -0.2) is 41.6 Å². The summed E-state index contributed by atoms with van der Waals surface area (Å²) >= 11 is 0. The maximum absolute atomic E-state index is 12.4. The molecule has 1 aliphatic heterocycles. The molecule has 1 aromatic carbocycles. The molecule has 0 radical (unpaired) electrons. The van der Waals surface area contributed by atoms with Gasteiger partial charge < -0.3 is 14.4 Å². The van der Waals surface area contributed by atoms with E-state index in [9.17, 15) is 4.79 Å². The predicted molar refractivity (Wildman–Crippen MR) is 80.0 cm³/mol. The summed E-state index contributed by atoms with van der Waals surface area (Å²) in [6.45, 7) is 3.33. The number of amides is 1. The Labute approximate surface area is 119 Å². The fraction of sp³-hybridized carbons (Fsp3) is 0.312. The summed E-state index contributed by atoms with van der Waals surface area (Å²) in [5, 5.41) is 0. The Hall–Kier alpha value is -2.23. The van der Waals surface area contributed by atoms with Crippen LogP contribution in [-0.2, 0) is 7.05 Å². The Bertz CT molecular complexity index is 583. The van der Waals surface area contributed by atoms with Crippen LogP contribution < -0.4 is 4.90 Å². The lowest BCUT2D eigenvalue weighted by Gasteiger charge is -2.36. The van der Waals surface area contributed by atoms with E-state index in [1.807, 2.05) is 40.9 Å². The second-order valence-electron chi connectivity index (χ2n) is 5.12. The van der Waals surface area contributed by atoms with Gasteiger partial charge in [0.05, 0.1) is 0 Å². The summed E-state index contributed by atoms with van der Waals surface area (Å²) in [7, 11) is 1.91. The third-order valence-corrected chi connectivity index (χ3v) is 3.85. The lowest BCUT2D eigenvalue weighted by atomic mass is 10.2. The quantitative estimate of drug-likeness (QED) is 0.834. The van der Waals surface area contributed by atoms with Crippen molar-refractivity contribution in [3.63, 3.8) is 0 Å². The lowest BCUT2D eigenvalue weighted by molar-refractivity contribution is 0.0737. The fourth-order valence-electron chi connectivity index (χ4n) is 2.65. The standard InChI is InChI=1S/C16H19N3O/c1-17-9-5-8-15(17)16(20)19-12-10-18(11-13-19)14-6-3-2-4-7-14/h2-9H,10-13H2,1H3. The molecule has 0 N–H and O–H groups in total. The number of hydrogen-bond acceptors (Lipinski definition) is 2. The van der Waals surface area contributed by atoms with E-state index in [2.05, 4.69) is 29.2 Å². The normalized spacial score (nSPS) is 15.4. The summed E-state index contributed by atoms with van der Waals surface area (Å²) < 4.78 is 1.88. The minimum absolute atomic E-state index is 0.130. The van der Waals surface area contributed by atoms with Gasteiger partial charge in [0.2, 0.25) is 0 Å². The third kappa shape index (κ3) is 2.41. The molecule has 1 aliphatic rings. The molecule has 1 saturated heterocycles. The topological polar surface area (TPSA) is 28.5 Å². The fourth-order valence-corrected chi connectivity index (χ4v) is 2.65. The zero-order valence-corrected chi connectivity index (χ0v) is 11.7. The number of aryl methyl sites for hydroxylation is 1. The van der Waals surface area contributed by atoms with Crippen LogP contribution in [0.2, 0.25) is 0 Å². The molecule has 2 aromatic rings. The molecule has 4 nitrogen and oxygen atoms in total. The largest absolute Gasteiger partial charge is 0.368 e. The van der Waals surface area contributed by atoms with Crippen molar-refractivity contribution in [3.05, 3.63) is 54.4 Å². The van der Waals surface area contributed by atoms with Crippen molar-refractivity contribution in [1.29, 1.82) is 0 Å². The van der Waals surface area contributed by atoms with Gasteiger partial charge in [-0.25, -0.2) is 0 Å². The van der Waals surface area contributed by atoms with E-state index in [-0.39, 0.29) is 5.91 Å². The van der Waals surface area contributed by atoms with Crippen molar-refractivity contribution < 1.29 is 4.79 Å². The maximum Gasteiger partial charge on any atom is 0.270 e. The van der Waals surface area contributed by atoms with Gasteiger partial charge in [-0.2, -0.15) is 0 Å². The molecule has 1 aromatic heterocycles. The average molecular weight is 269 g/mol. The van der Waals surface area contributed by atoms with Gasteiger partial charge in [-0.15, -0.1) is 0 Å². The van der Waals surface area contributed by atoms with Gasteiger partial charge in [0.25, 0.3) is 5.91 Å².